The standard InChI is InChI=1S/C15H19BrFNO/c16-12-4-3-11(13(17)7-12)8-15(9-18)5-6-19-14(15)10-1-2-10/h3-4,7,10,14H,1-2,5-6,8-9,18H2. The van der Waals surface area contributed by atoms with E-state index >= 15 is 0 Å². The summed E-state index contributed by atoms with van der Waals surface area (Å²) >= 11 is 3.30. The molecule has 2 atom stereocenters. The van der Waals surface area contributed by atoms with Crippen molar-refractivity contribution in [2.75, 3.05) is 13.2 Å². The van der Waals surface area contributed by atoms with Gasteiger partial charge in [-0.15, -0.1) is 0 Å². The van der Waals surface area contributed by atoms with Gasteiger partial charge in [-0.3, -0.25) is 0 Å². The molecule has 1 saturated heterocycles. The molecule has 1 heterocycles. The van der Waals surface area contributed by atoms with Crippen LogP contribution >= 0.6 is 15.9 Å². The fraction of sp³-hybridized carbons (Fsp3) is 0.600. The van der Waals surface area contributed by atoms with Crippen LogP contribution in [0.5, 0.6) is 0 Å². The van der Waals surface area contributed by atoms with Gasteiger partial charge in [0.15, 0.2) is 0 Å². The second kappa shape index (κ2) is 5.15. The summed E-state index contributed by atoms with van der Waals surface area (Å²) in [5, 5.41) is 0. The van der Waals surface area contributed by atoms with Crippen LogP contribution in [0.15, 0.2) is 22.7 Å². The molecular formula is C15H19BrFNO. The third-order valence-electron chi connectivity index (χ3n) is 4.52. The highest BCUT2D eigenvalue weighted by atomic mass is 79.9. The number of hydrogen-bond acceptors (Lipinski definition) is 2. The van der Waals surface area contributed by atoms with Crippen molar-refractivity contribution in [3.8, 4) is 0 Å². The van der Waals surface area contributed by atoms with Gasteiger partial charge < -0.3 is 10.5 Å². The second-order valence-electron chi connectivity index (χ2n) is 5.86. The molecule has 1 aromatic rings. The van der Waals surface area contributed by atoms with Crippen molar-refractivity contribution in [3.63, 3.8) is 0 Å². The number of benzene rings is 1. The predicted molar refractivity (Wildman–Crippen MR) is 76.4 cm³/mol. The molecule has 0 spiro atoms. The Morgan fingerprint density at radius 2 is 2.21 bits per heavy atom. The highest BCUT2D eigenvalue weighted by Gasteiger charge is 2.50. The molecule has 1 aromatic carbocycles. The average molecular weight is 328 g/mol. The first kappa shape index (κ1) is 13.5. The zero-order valence-electron chi connectivity index (χ0n) is 10.9. The van der Waals surface area contributed by atoms with E-state index in [-0.39, 0.29) is 17.3 Å². The molecule has 2 aliphatic rings. The van der Waals surface area contributed by atoms with Crippen LogP contribution < -0.4 is 5.73 Å². The minimum atomic E-state index is -0.149. The first-order valence-corrected chi connectivity index (χ1v) is 7.69. The summed E-state index contributed by atoms with van der Waals surface area (Å²) in [4.78, 5) is 0. The van der Waals surface area contributed by atoms with Crippen LogP contribution in [0, 0.1) is 17.2 Å². The molecule has 19 heavy (non-hydrogen) atoms. The molecule has 1 saturated carbocycles. The molecule has 0 bridgehead atoms. The fourth-order valence-electron chi connectivity index (χ4n) is 3.27. The molecule has 3 rings (SSSR count). The van der Waals surface area contributed by atoms with Gasteiger partial charge in [-0.2, -0.15) is 0 Å². The Balaban J connectivity index is 1.85. The average Bonchev–Trinajstić information content (AvgIpc) is 3.15. The topological polar surface area (TPSA) is 35.2 Å². The fourth-order valence-corrected chi connectivity index (χ4v) is 3.60. The van der Waals surface area contributed by atoms with Gasteiger partial charge in [-0.1, -0.05) is 22.0 Å². The Kier molecular flexibility index (Phi) is 3.67. The summed E-state index contributed by atoms with van der Waals surface area (Å²) in [7, 11) is 0. The summed E-state index contributed by atoms with van der Waals surface area (Å²) in [6.45, 7) is 1.33. The maximum absolute atomic E-state index is 14.0. The van der Waals surface area contributed by atoms with Crippen LogP contribution in [-0.4, -0.2) is 19.3 Å². The number of halogens is 2. The Hall–Kier alpha value is -0.450. The Bertz CT molecular complexity index is 477. The molecule has 1 aliphatic heterocycles. The van der Waals surface area contributed by atoms with E-state index < -0.39 is 0 Å². The third-order valence-corrected chi connectivity index (χ3v) is 5.01. The van der Waals surface area contributed by atoms with Gasteiger partial charge in [0.2, 0.25) is 0 Å². The van der Waals surface area contributed by atoms with Crippen LogP contribution in [-0.2, 0) is 11.2 Å². The van der Waals surface area contributed by atoms with Crippen molar-refractivity contribution in [3.05, 3.63) is 34.1 Å². The van der Waals surface area contributed by atoms with E-state index in [9.17, 15) is 4.39 Å². The van der Waals surface area contributed by atoms with E-state index in [1.165, 1.54) is 18.9 Å². The number of rotatable bonds is 4. The lowest BCUT2D eigenvalue weighted by Gasteiger charge is -2.33. The maximum atomic E-state index is 14.0. The van der Waals surface area contributed by atoms with Crippen LogP contribution in [0.1, 0.15) is 24.8 Å². The number of nitrogens with two attached hydrogens (primary N) is 1. The number of hydrogen-bond donors (Lipinski definition) is 1. The SMILES string of the molecule is NCC1(Cc2ccc(Br)cc2F)CCOC1C1CC1. The van der Waals surface area contributed by atoms with Gasteiger partial charge in [-0.25, -0.2) is 4.39 Å². The van der Waals surface area contributed by atoms with Crippen molar-refractivity contribution < 1.29 is 9.13 Å². The normalized spacial score (nSPS) is 30.8. The zero-order valence-corrected chi connectivity index (χ0v) is 12.5. The molecule has 2 nitrogen and oxygen atoms in total. The van der Waals surface area contributed by atoms with Crippen LogP contribution in [0.2, 0.25) is 0 Å². The van der Waals surface area contributed by atoms with Crippen molar-refractivity contribution in [2.45, 2.75) is 31.8 Å². The van der Waals surface area contributed by atoms with Gasteiger partial charge in [0.05, 0.1) is 6.10 Å². The van der Waals surface area contributed by atoms with Crippen molar-refractivity contribution in [1.82, 2.24) is 0 Å². The Labute approximate surface area is 121 Å². The second-order valence-corrected chi connectivity index (χ2v) is 6.77. The van der Waals surface area contributed by atoms with E-state index in [0.717, 1.165) is 23.1 Å². The molecular weight excluding hydrogens is 309 g/mol. The number of ether oxygens (including phenoxy) is 1. The molecule has 1 aliphatic carbocycles. The zero-order chi connectivity index (χ0) is 13.5. The van der Waals surface area contributed by atoms with Gasteiger partial charge in [-0.05, 0) is 49.3 Å². The lowest BCUT2D eigenvalue weighted by atomic mass is 9.74. The predicted octanol–water partition coefficient (Wildman–Crippen LogP) is 3.27. The minimum Gasteiger partial charge on any atom is -0.377 e. The van der Waals surface area contributed by atoms with Gasteiger partial charge in [0.25, 0.3) is 0 Å². The summed E-state index contributed by atoms with van der Waals surface area (Å²) in [6, 6.07) is 5.28. The first-order chi connectivity index (χ1) is 9.14. The molecule has 4 heteroatoms. The smallest absolute Gasteiger partial charge is 0.127 e. The van der Waals surface area contributed by atoms with Crippen LogP contribution in [0.25, 0.3) is 0 Å². The highest BCUT2D eigenvalue weighted by Crippen LogP contribution is 2.49. The Morgan fingerprint density at radius 1 is 1.42 bits per heavy atom. The highest BCUT2D eigenvalue weighted by molar-refractivity contribution is 9.10. The minimum absolute atomic E-state index is 0.0736. The van der Waals surface area contributed by atoms with E-state index in [1.807, 2.05) is 12.1 Å². The summed E-state index contributed by atoms with van der Waals surface area (Å²) < 4.78 is 20.7. The van der Waals surface area contributed by atoms with Crippen molar-refractivity contribution >= 4 is 15.9 Å². The van der Waals surface area contributed by atoms with Crippen molar-refractivity contribution in [1.29, 1.82) is 0 Å². The molecule has 104 valence electrons. The van der Waals surface area contributed by atoms with E-state index in [1.54, 1.807) is 0 Å². The lowest BCUT2D eigenvalue weighted by Crippen LogP contribution is -2.41. The third kappa shape index (κ3) is 2.58. The molecule has 0 amide bonds. The largest absolute Gasteiger partial charge is 0.377 e. The molecule has 2 unspecified atom stereocenters. The quantitative estimate of drug-likeness (QED) is 0.921. The molecule has 2 N–H and O–H groups in total. The van der Waals surface area contributed by atoms with Gasteiger partial charge in [0.1, 0.15) is 5.82 Å². The summed E-state index contributed by atoms with van der Waals surface area (Å²) in [5.41, 5.74) is 6.72. The van der Waals surface area contributed by atoms with Crippen molar-refractivity contribution in [2.24, 2.45) is 17.1 Å². The van der Waals surface area contributed by atoms with E-state index in [4.69, 9.17) is 10.5 Å². The first-order valence-electron chi connectivity index (χ1n) is 6.90. The van der Waals surface area contributed by atoms with Crippen LogP contribution in [0.4, 0.5) is 4.39 Å². The lowest BCUT2D eigenvalue weighted by molar-refractivity contribution is 0.0341. The monoisotopic (exact) mass is 327 g/mol. The van der Waals surface area contributed by atoms with Gasteiger partial charge >= 0.3 is 0 Å². The van der Waals surface area contributed by atoms with Crippen LogP contribution in [0.3, 0.4) is 0 Å². The molecule has 0 radical (unpaired) electrons. The summed E-state index contributed by atoms with van der Waals surface area (Å²) in [5.74, 6) is 0.494. The van der Waals surface area contributed by atoms with Gasteiger partial charge in [0, 0.05) is 23.0 Å². The van der Waals surface area contributed by atoms with E-state index in [2.05, 4.69) is 15.9 Å². The summed E-state index contributed by atoms with van der Waals surface area (Å²) in [6.07, 6.45) is 4.31. The van der Waals surface area contributed by atoms with E-state index in [0.29, 0.717) is 18.9 Å². The molecule has 2 fully saturated rings. The molecule has 0 aromatic heterocycles. The Morgan fingerprint density at radius 3 is 2.84 bits per heavy atom. The maximum Gasteiger partial charge on any atom is 0.127 e.